The summed E-state index contributed by atoms with van der Waals surface area (Å²) in [6.07, 6.45) is 7.18. The van der Waals surface area contributed by atoms with Gasteiger partial charge in [-0.3, -0.25) is 0 Å². The van der Waals surface area contributed by atoms with Gasteiger partial charge in [0, 0.05) is 0 Å². The van der Waals surface area contributed by atoms with Crippen LogP contribution in [-0.4, -0.2) is 13.1 Å². The number of hydrogen-bond donors (Lipinski definition) is 1. The molecular formula is C18H27N. The molecule has 1 saturated carbocycles. The molecule has 0 bridgehead atoms. The molecule has 104 valence electrons. The van der Waals surface area contributed by atoms with Crippen molar-refractivity contribution in [2.75, 3.05) is 13.1 Å². The van der Waals surface area contributed by atoms with Crippen molar-refractivity contribution in [2.24, 2.45) is 11.8 Å². The summed E-state index contributed by atoms with van der Waals surface area (Å²) in [5.41, 5.74) is 4.69. The van der Waals surface area contributed by atoms with Crippen LogP contribution in [0.4, 0.5) is 0 Å². The van der Waals surface area contributed by atoms with Crippen molar-refractivity contribution < 1.29 is 0 Å². The van der Waals surface area contributed by atoms with E-state index in [4.69, 9.17) is 0 Å². The third kappa shape index (κ3) is 2.58. The van der Waals surface area contributed by atoms with Gasteiger partial charge in [0.15, 0.2) is 0 Å². The van der Waals surface area contributed by atoms with Gasteiger partial charge in [-0.15, -0.1) is 0 Å². The summed E-state index contributed by atoms with van der Waals surface area (Å²) in [5, 5.41) is 3.65. The summed E-state index contributed by atoms with van der Waals surface area (Å²) in [4.78, 5) is 0. The van der Waals surface area contributed by atoms with Crippen LogP contribution in [0, 0.1) is 25.7 Å². The summed E-state index contributed by atoms with van der Waals surface area (Å²) in [6, 6.07) is 6.81. The highest BCUT2D eigenvalue weighted by atomic mass is 14.9. The predicted octanol–water partition coefficient (Wildman–Crippen LogP) is 4.19. The summed E-state index contributed by atoms with van der Waals surface area (Å²) in [7, 11) is 0. The van der Waals surface area contributed by atoms with E-state index in [9.17, 15) is 0 Å². The zero-order valence-electron chi connectivity index (χ0n) is 12.4. The molecule has 0 aromatic heterocycles. The van der Waals surface area contributed by atoms with Gasteiger partial charge in [0.25, 0.3) is 0 Å². The lowest BCUT2D eigenvalue weighted by molar-refractivity contribution is 0.230. The molecular weight excluding hydrogens is 230 g/mol. The molecule has 1 aromatic rings. The molecule has 1 aliphatic carbocycles. The van der Waals surface area contributed by atoms with E-state index in [1.807, 2.05) is 0 Å². The SMILES string of the molecule is Cc1cccc(C)c1C1CCNCC1C1CCCC1. The van der Waals surface area contributed by atoms with Gasteiger partial charge in [0.1, 0.15) is 0 Å². The zero-order chi connectivity index (χ0) is 13.2. The lowest BCUT2D eigenvalue weighted by Gasteiger charge is -2.38. The zero-order valence-corrected chi connectivity index (χ0v) is 12.4. The first-order chi connectivity index (χ1) is 9.27. The van der Waals surface area contributed by atoms with Crippen LogP contribution in [0.15, 0.2) is 18.2 Å². The first kappa shape index (κ1) is 13.2. The Labute approximate surface area is 117 Å². The minimum absolute atomic E-state index is 0.797. The third-order valence-corrected chi connectivity index (χ3v) is 5.45. The summed E-state index contributed by atoms with van der Waals surface area (Å²) >= 11 is 0. The highest BCUT2D eigenvalue weighted by Crippen LogP contribution is 2.43. The Bertz CT molecular complexity index is 411. The topological polar surface area (TPSA) is 12.0 Å². The number of hydrogen-bond acceptors (Lipinski definition) is 1. The highest BCUT2D eigenvalue weighted by molar-refractivity contribution is 5.37. The highest BCUT2D eigenvalue weighted by Gasteiger charge is 2.35. The van der Waals surface area contributed by atoms with E-state index in [1.165, 1.54) is 56.3 Å². The number of nitrogens with one attached hydrogen (secondary N) is 1. The maximum Gasteiger partial charge on any atom is -0.00120 e. The molecule has 2 unspecified atom stereocenters. The first-order valence-corrected chi connectivity index (χ1v) is 8.04. The Hall–Kier alpha value is -0.820. The van der Waals surface area contributed by atoms with E-state index < -0.39 is 0 Å². The van der Waals surface area contributed by atoms with Gasteiger partial charge in [0.05, 0.1) is 0 Å². The molecule has 3 rings (SSSR count). The number of benzene rings is 1. The van der Waals surface area contributed by atoms with Gasteiger partial charge in [-0.25, -0.2) is 0 Å². The smallest absolute Gasteiger partial charge is 0.00120 e. The molecule has 1 heterocycles. The van der Waals surface area contributed by atoms with E-state index in [1.54, 1.807) is 5.56 Å². The van der Waals surface area contributed by atoms with Crippen LogP contribution < -0.4 is 5.32 Å². The summed E-state index contributed by atoms with van der Waals surface area (Å²) in [6.45, 7) is 7.04. The van der Waals surface area contributed by atoms with Gasteiger partial charge < -0.3 is 5.32 Å². The molecule has 0 amide bonds. The minimum atomic E-state index is 0.797. The van der Waals surface area contributed by atoms with Crippen molar-refractivity contribution in [3.8, 4) is 0 Å². The quantitative estimate of drug-likeness (QED) is 0.838. The Morgan fingerprint density at radius 1 is 1.00 bits per heavy atom. The maximum atomic E-state index is 3.65. The van der Waals surface area contributed by atoms with Crippen molar-refractivity contribution in [3.05, 3.63) is 34.9 Å². The molecule has 1 saturated heterocycles. The third-order valence-electron chi connectivity index (χ3n) is 5.45. The molecule has 2 fully saturated rings. The molecule has 2 aliphatic rings. The van der Waals surface area contributed by atoms with Crippen molar-refractivity contribution in [3.63, 3.8) is 0 Å². The fraction of sp³-hybridized carbons (Fsp3) is 0.667. The van der Waals surface area contributed by atoms with Gasteiger partial charge in [-0.1, -0.05) is 43.9 Å². The average molecular weight is 257 g/mol. The fourth-order valence-corrected chi connectivity index (χ4v) is 4.53. The number of aryl methyl sites for hydroxylation is 2. The molecule has 2 atom stereocenters. The van der Waals surface area contributed by atoms with Crippen molar-refractivity contribution in [1.29, 1.82) is 0 Å². The second-order valence-electron chi connectivity index (χ2n) is 6.61. The van der Waals surface area contributed by atoms with Crippen LogP contribution in [0.3, 0.4) is 0 Å². The van der Waals surface area contributed by atoms with Crippen molar-refractivity contribution in [1.82, 2.24) is 5.32 Å². The monoisotopic (exact) mass is 257 g/mol. The Balaban J connectivity index is 1.91. The maximum absolute atomic E-state index is 3.65. The van der Waals surface area contributed by atoms with Crippen LogP contribution in [0.5, 0.6) is 0 Å². The molecule has 1 aromatic carbocycles. The van der Waals surface area contributed by atoms with Gasteiger partial charge in [-0.2, -0.15) is 0 Å². The minimum Gasteiger partial charge on any atom is -0.316 e. The number of piperidine rings is 1. The van der Waals surface area contributed by atoms with E-state index in [-0.39, 0.29) is 0 Å². The Kier molecular flexibility index (Phi) is 3.93. The summed E-state index contributed by atoms with van der Waals surface area (Å²) in [5.74, 6) is 2.64. The molecule has 1 heteroatoms. The van der Waals surface area contributed by atoms with Crippen LogP contribution in [0.2, 0.25) is 0 Å². The second-order valence-corrected chi connectivity index (χ2v) is 6.61. The van der Waals surface area contributed by atoms with Crippen LogP contribution in [0.1, 0.15) is 54.7 Å². The molecule has 1 nitrogen and oxygen atoms in total. The van der Waals surface area contributed by atoms with Crippen molar-refractivity contribution in [2.45, 2.75) is 51.9 Å². The van der Waals surface area contributed by atoms with E-state index >= 15 is 0 Å². The fourth-order valence-electron chi connectivity index (χ4n) is 4.53. The van der Waals surface area contributed by atoms with Gasteiger partial charge >= 0.3 is 0 Å². The molecule has 0 spiro atoms. The average Bonchev–Trinajstić information content (AvgIpc) is 2.93. The lowest BCUT2D eigenvalue weighted by atomic mass is 9.71. The van der Waals surface area contributed by atoms with E-state index in [0.717, 1.165) is 17.8 Å². The van der Waals surface area contributed by atoms with Crippen LogP contribution in [-0.2, 0) is 0 Å². The standard InChI is InChI=1S/C18H27N/c1-13-6-5-7-14(2)18(13)16-10-11-19-12-17(16)15-8-3-4-9-15/h5-7,15-17,19H,3-4,8-12H2,1-2H3. The first-order valence-electron chi connectivity index (χ1n) is 8.04. The van der Waals surface area contributed by atoms with Crippen LogP contribution in [0.25, 0.3) is 0 Å². The van der Waals surface area contributed by atoms with E-state index in [2.05, 4.69) is 37.4 Å². The molecule has 0 radical (unpaired) electrons. The van der Waals surface area contributed by atoms with Gasteiger partial charge in [-0.05, 0) is 67.8 Å². The molecule has 19 heavy (non-hydrogen) atoms. The Morgan fingerprint density at radius 3 is 2.37 bits per heavy atom. The van der Waals surface area contributed by atoms with Crippen molar-refractivity contribution >= 4 is 0 Å². The Morgan fingerprint density at radius 2 is 1.68 bits per heavy atom. The predicted molar refractivity (Wildman–Crippen MR) is 81.6 cm³/mol. The largest absolute Gasteiger partial charge is 0.316 e. The number of rotatable bonds is 2. The van der Waals surface area contributed by atoms with Gasteiger partial charge in [0.2, 0.25) is 0 Å². The van der Waals surface area contributed by atoms with Crippen LogP contribution >= 0.6 is 0 Å². The lowest BCUT2D eigenvalue weighted by Crippen LogP contribution is -2.39. The normalized spacial score (nSPS) is 28.7. The van der Waals surface area contributed by atoms with E-state index in [0.29, 0.717) is 0 Å². The molecule has 1 N–H and O–H groups in total. The second kappa shape index (κ2) is 5.66. The molecule has 1 aliphatic heterocycles. The summed E-state index contributed by atoms with van der Waals surface area (Å²) < 4.78 is 0.